The molecule has 0 unspecified atom stereocenters. The van der Waals surface area contributed by atoms with Gasteiger partial charge in [0, 0.05) is 13.0 Å². The van der Waals surface area contributed by atoms with Crippen molar-refractivity contribution in [2.45, 2.75) is 13.3 Å². The summed E-state index contributed by atoms with van der Waals surface area (Å²) in [6, 6.07) is 0. The first kappa shape index (κ1) is 8.07. The topological polar surface area (TPSA) is 58.5 Å². The van der Waals surface area contributed by atoms with Crippen LogP contribution < -0.4 is 5.32 Å². The van der Waals surface area contributed by atoms with Gasteiger partial charge in [-0.3, -0.25) is 4.79 Å². The van der Waals surface area contributed by atoms with Crippen LogP contribution in [0.3, 0.4) is 0 Å². The molecule has 0 aromatic carbocycles. The zero-order valence-electron chi connectivity index (χ0n) is 5.39. The Morgan fingerprint density at radius 2 is 2.33 bits per heavy atom. The van der Waals surface area contributed by atoms with Crippen molar-refractivity contribution in [1.29, 1.82) is 0 Å². The van der Waals surface area contributed by atoms with E-state index in [1.807, 2.05) is 0 Å². The summed E-state index contributed by atoms with van der Waals surface area (Å²) in [4.78, 5) is 19.9. The average molecular weight is 130 g/mol. The number of nitrogens with one attached hydrogen (secondary N) is 1. The summed E-state index contributed by atoms with van der Waals surface area (Å²) in [5.41, 5.74) is 0. The molecule has 0 aliphatic rings. The molecule has 0 saturated carbocycles. The number of carbonyl (C=O) groups is 1. The van der Waals surface area contributed by atoms with Gasteiger partial charge >= 0.3 is 0 Å². The molecule has 0 aliphatic carbocycles. The van der Waals surface area contributed by atoms with Gasteiger partial charge in [-0.25, -0.2) is 0 Å². The van der Waals surface area contributed by atoms with E-state index in [2.05, 4.69) is 10.5 Å². The second-order valence-electron chi connectivity index (χ2n) is 1.56. The number of nitroso groups, excluding NO2 is 1. The van der Waals surface area contributed by atoms with Crippen molar-refractivity contribution in [2.75, 3.05) is 13.1 Å². The average Bonchev–Trinajstić information content (AvgIpc) is 1.89. The molecule has 1 N–H and O–H groups in total. The largest absolute Gasteiger partial charge is 0.354 e. The van der Waals surface area contributed by atoms with Crippen LogP contribution in [0, 0.1) is 4.91 Å². The summed E-state index contributed by atoms with van der Waals surface area (Å²) < 4.78 is 0. The molecule has 0 saturated heterocycles. The third-order valence-electron chi connectivity index (χ3n) is 0.846. The normalized spacial score (nSPS) is 8.56. The van der Waals surface area contributed by atoms with E-state index in [1.165, 1.54) is 0 Å². The van der Waals surface area contributed by atoms with E-state index in [1.54, 1.807) is 6.92 Å². The zero-order chi connectivity index (χ0) is 7.11. The van der Waals surface area contributed by atoms with Crippen LogP contribution in [0.4, 0.5) is 0 Å². The van der Waals surface area contributed by atoms with Crippen molar-refractivity contribution in [3.63, 3.8) is 0 Å². The van der Waals surface area contributed by atoms with Gasteiger partial charge in [-0.05, 0) is 0 Å². The molecular formula is C5H10N2O2. The molecule has 0 aliphatic heterocycles. The van der Waals surface area contributed by atoms with Crippen LogP contribution >= 0.6 is 0 Å². The lowest BCUT2D eigenvalue weighted by Crippen LogP contribution is -2.24. The fraction of sp³-hybridized carbons (Fsp3) is 0.800. The first-order valence-corrected chi connectivity index (χ1v) is 2.87. The molecule has 9 heavy (non-hydrogen) atoms. The van der Waals surface area contributed by atoms with Gasteiger partial charge in [-0.1, -0.05) is 12.1 Å². The Bertz CT molecular complexity index is 103. The van der Waals surface area contributed by atoms with Crippen LogP contribution in [0.5, 0.6) is 0 Å². The number of rotatable bonds is 4. The molecule has 0 aromatic rings. The summed E-state index contributed by atoms with van der Waals surface area (Å²) in [6.45, 7) is 2.27. The minimum Gasteiger partial charge on any atom is -0.354 e. The number of carbonyl (C=O) groups excluding carboxylic acids is 1. The van der Waals surface area contributed by atoms with Crippen LogP contribution in [-0.4, -0.2) is 19.0 Å². The van der Waals surface area contributed by atoms with Gasteiger partial charge in [-0.2, -0.15) is 4.91 Å². The van der Waals surface area contributed by atoms with Crippen molar-refractivity contribution < 1.29 is 4.79 Å². The predicted octanol–water partition coefficient (Wildman–Crippen LogP) is 0.279. The Morgan fingerprint density at radius 1 is 1.67 bits per heavy atom. The van der Waals surface area contributed by atoms with E-state index in [4.69, 9.17) is 0 Å². The number of nitrogens with zero attached hydrogens (tertiary/aromatic N) is 1. The van der Waals surface area contributed by atoms with Gasteiger partial charge < -0.3 is 5.32 Å². The fourth-order valence-corrected chi connectivity index (χ4v) is 0.366. The van der Waals surface area contributed by atoms with E-state index in [0.29, 0.717) is 13.0 Å². The Balaban J connectivity index is 3.06. The van der Waals surface area contributed by atoms with Crippen LogP contribution in [0.2, 0.25) is 0 Å². The molecule has 52 valence electrons. The van der Waals surface area contributed by atoms with E-state index < -0.39 is 0 Å². The fourth-order valence-electron chi connectivity index (χ4n) is 0.366. The molecule has 0 atom stereocenters. The summed E-state index contributed by atoms with van der Waals surface area (Å²) in [5.74, 6) is -0.0429. The predicted molar refractivity (Wildman–Crippen MR) is 34.0 cm³/mol. The van der Waals surface area contributed by atoms with E-state index in [-0.39, 0.29) is 12.5 Å². The monoisotopic (exact) mass is 130 g/mol. The smallest absolute Gasteiger partial charge is 0.219 e. The van der Waals surface area contributed by atoms with Crippen LogP contribution in [0.25, 0.3) is 0 Å². The SMILES string of the molecule is CCC(=O)NCCN=O. The van der Waals surface area contributed by atoms with Crippen LogP contribution in [0.15, 0.2) is 5.18 Å². The maximum absolute atomic E-state index is 10.4. The molecule has 0 spiro atoms. The Labute approximate surface area is 53.6 Å². The highest BCUT2D eigenvalue weighted by molar-refractivity contribution is 5.75. The standard InChI is InChI=1S/C5H10N2O2/c1-2-5(8)6-3-4-7-9/h2-4H2,1H3,(H,6,8). The zero-order valence-corrected chi connectivity index (χ0v) is 5.39. The lowest BCUT2D eigenvalue weighted by Gasteiger charge is -1.96. The van der Waals surface area contributed by atoms with Crippen molar-refractivity contribution in [2.24, 2.45) is 5.18 Å². The summed E-state index contributed by atoms with van der Waals surface area (Å²) in [5, 5.41) is 5.08. The Morgan fingerprint density at radius 3 is 2.78 bits per heavy atom. The maximum atomic E-state index is 10.4. The Hall–Kier alpha value is -0.930. The first-order chi connectivity index (χ1) is 4.31. The van der Waals surface area contributed by atoms with Crippen molar-refractivity contribution >= 4 is 5.91 Å². The second-order valence-corrected chi connectivity index (χ2v) is 1.56. The van der Waals surface area contributed by atoms with Gasteiger partial charge in [-0.15, -0.1) is 0 Å². The molecule has 0 rings (SSSR count). The summed E-state index contributed by atoms with van der Waals surface area (Å²) >= 11 is 0. The highest BCUT2D eigenvalue weighted by Crippen LogP contribution is 1.73. The minimum absolute atomic E-state index is 0.0429. The van der Waals surface area contributed by atoms with Gasteiger partial charge in [0.1, 0.15) is 0 Å². The van der Waals surface area contributed by atoms with Crippen LogP contribution in [0.1, 0.15) is 13.3 Å². The first-order valence-electron chi connectivity index (χ1n) is 2.87. The van der Waals surface area contributed by atoms with Crippen LogP contribution in [-0.2, 0) is 4.79 Å². The molecule has 0 bridgehead atoms. The quantitative estimate of drug-likeness (QED) is 0.439. The number of hydrogen-bond acceptors (Lipinski definition) is 3. The highest BCUT2D eigenvalue weighted by Gasteiger charge is 1.92. The minimum atomic E-state index is -0.0429. The third kappa shape index (κ3) is 4.93. The number of amides is 1. The molecule has 0 fully saturated rings. The molecule has 0 heterocycles. The van der Waals surface area contributed by atoms with E-state index in [0.717, 1.165) is 0 Å². The molecular weight excluding hydrogens is 120 g/mol. The lowest BCUT2D eigenvalue weighted by atomic mass is 10.4. The maximum Gasteiger partial charge on any atom is 0.219 e. The molecule has 0 aromatic heterocycles. The number of hydrogen-bond donors (Lipinski definition) is 1. The van der Waals surface area contributed by atoms with Crippen molar-refractivity contribution in [3.8, 4) is 0 Å². The summed E-state index contributed by atoms with van der Waals surface area (Å²) in [7, 11) is 0. The van der Waals surface area contributed by atoms with Crippen molar-refractivity contribution in [1.82, 2.24) is 5.32 Å². The molecule has 4 nitrogen and oxygen atoms in total. The third-order valence-corrected chi connectivity index (χ3v) is 0.846. The van der Waals surface area contributed by atoms with E-state index in [9.17, 15) is 9.70 Å². The Kier molecular flexibility index (Phi) is 4.67. The van der Waals surface area contributed by atoms with Gasteiger partial charge in [0.2, 0.25) is 5.91 Å². The highest BCUT2D eigenvalue weighted by atomic mass is 16.3. The summed E-state index contributed by atoms with van der Waals surface area (Å²) in [6.07, 6.45) is 0.457. The lowest BCUT2D eigenvalue weighted by molar-refractivity contribution is -0.120. The van der Waals surface area contributed by atoms with E-state index >= 15 is 0 Å². The van der Waals surface area contributed by atoms with Gasteiger partial charge in [0.25, 0.3) is 0 Å². The second kappa shape index (κ2) is 5.21. The molecule has 0 radical (unpaired) electrons. The van der Waals surface area contributed by atoms with Gasteiger partial charge in [0.15, 0.2) is 0 Å². The molecule has 1 amide bonds. The van der Waals surface area contributed by atoms with Crippen molar-refractivity contribution in [3.05, 3.63) is 4.91 Å². The molecule has 4 heteroatoms. The van der Waals surface area contributed by atoms with Gasteiger partial charge in [0.05, 0.1) is 6.54 Å².